The Kier molecular flexibility index (Phi) is 8.60. The van der Waals surface area contributed by atoms with Gasteiger partial charge in [-0.2, -0.15) is 0 Å². The highest BCUT2D eigenvalue weighted by atomic mass is 19.1. The summed E-state index contributed by atoms with van der Waals surface area (Å²) in [5, 5.41) is 5.10. The number of rotatable bonds is 9. The maximum absolute atomic E-state index is 13.8. The summed E-state index contributed by atoms with van der Waals surface area (Å²) in [7, 11) is 1.25. The van der Waals surface area contributed by atoms with Crippen molar-refractivity contribution in [3.63, 3.8) is 0 Å². The molecule has 0 aromatic heterocycles. The fourth-order valence-corrected chi connectivity index (χ4v) is 2.41. The fourth-order valence-electron chi connectivity index (χ4n) is 2.41. The van der Waals surface area contributed by atoms with E-state index in [4.69, 9.17) is 4.74 Å². The predicted molar refractivity (Wildman–Crippen MR) is 91.2 cm³/mol. The Morgan fingerprint density at radius 1 is 1.16 bits per heavy atom. The first-order chi connectivity index (χ1) is 11.9. The number of hydrogen-bond donors (Lipinski definition) is 2. The Morgan fingerprint density at radius 3 is 2.40 bits per heavy atom. The molecule has 138 valence electrons. The Morgan fingerprint density at radius 2 is 1.84 bits per heavy atom. The number of carbonyl (C=O) groups is 3. The second-order valence-electron chi connectivity index (χ2n) is 5.78. The molecule has 1 aromatic rings. The fraction of sp³-hybridized carbons (Fsp3) is 0.500. The van der Waals surface area contributed by atoms with Crippen LogP contribution in [0.4, 0.5) is 4.39 Å². The number of halogens is 1. The van der Waals surface area contributed by atoms with Crippen LogP contribution in [0.1, 0.15) is 38.7 Å². The van der Waals surface area contributed by atoms with Crippen LogP contribution in [0.2, 0.25) is 0 Å². The van der Waals surface area contributed by atoms with Gasteiger partial charge < -0.3 is 15.4 Å². The lowest BCUT2D eigenvalue weighted by Gasteiger charge is -2.22. The topological polar surface area (TPSA) is 84.5 Å². The van der Waals surface area contributed by atoms with Crippen molar-refractivity contribution in [1.29, 1.82) is 0 Å². The quantitative estimate of drug-likeness (QED) is 0.663. The van der Waals surface area contributed by atoms with E-state index in [0.717, 1.165) is 12.8 Å². The molecule has 0 radical (unpaired) electrons. The maximum Gasteiger partial charge on any atom is 0.328 e. The van der Waals surface area contributed by atoms with Gasteiger partial charge >= 0.3 is 5.97 Å². The van der Waals surface area contributed by atoms with Crippen LogP contribution in [0.3, 0.4) is 0 Å². The first-order valence-corrected chi connectivity index (χ1v) is 8.27. The molecular weight excluding hydrogens is 327 g/mol. The van der Waals surface area contributed by atoms with Gasteiger partial charge in [-0.3, -0.25) is 9.59 Å². The minimum atomic E-state index is -0.983. The number of nitrogens with one attached hydrogen (secondary N) is 2. The first kappa shape index (κ1) is 20.6. The van der Waals surface area contributed by atoms with Crippen molar-refractivity contribution < 1.29 is 23.5 Å². The molecule has 0 aliphatic heterocycles. The molecule has 0 aliphatic rings. The zero-order chi connectivity index (χ0) is 18.8. The van der Waals surface area contributed by atoms with Crippen LogP contribution >= 0.6 is 0 Å². The van der Waals surface area contributed by atoms with Crippen molar-refractivity contribution in [2.45, 2.75) is 51.6 Å². The maximum atomic E-state index is 13.8. The Balaban J connectivity index is 2.89. The molecule has 0 bridgehead atoms. The van der Waals surface area contributed by atoms with Crippen molar-refractivity contribution in [3.8, 4) is 0 Å². The average Bonchev–Trinajstić information content (AvgIpc) is 2.58. The molecule has 1 aromatic carbocycles. The van der Waals surface area contributed by atoms with Gasteiger partial charge in [0.1, 0.15) is 17.9 Å². The summed E-state index contributed by atoms with van der Waals surface area (Å²) in [6.45, 7) is 3.24. The average molecular weight is 352 g/mol. The van der Waals surface area contributed by atoms with Gasteiger partial charge in [0.2, 0.25) is 11.8 Å². The molecule has 1 rings (SSSR count). The molecule has 0 saturated heterocycles. The molecule has 0 aliphatic carbocycles. The molecule has 0 spiro atoms. The summed E-state index contributed by atoms with van der Waals surface area (Å²) >= 11 is 0. The van der Waals surface area contributed by atoms with Gasteiger partial charge in [0.25, 0.3) is 0 Å². The molecule has 7 heteroatoms. The van der Waals surface area contributed by atoms with E-state index in [-0.39, 0.29) is 6.42 Å². The Bertz CT molecular complexity index is 606. The van der Waals surface area contributed by atoms with E-state index < -0.39 is 35.7 Å². The number of ether oxygens (including phenoxy) is 1. The molecule has 2 N–H and O–H groups in total. The smallest absolute Gasteiger partial charge is 0.328 e. The van der Waals surface area contributed by atoms with Crippen LogP contribution in [0.5, 0.6) is 0 Å². The summed E-state index contributed by atoms with van der Waals surface area (Å²) < 4.78 is 18.6. The van der Waals surface area contributed by atoms with E-state index in [9.17, 15) is 18.8 Å². The number of methoxy groups -OCH3 is 1. The molecule has 0 fully saturated rings. The van der Waals surface area contributed by atoms with Crippen LogP contribution in [0.25, 0.3) is 0 Å². The highest BCUT2D eigenvalue weighted by Crippen LogP contribution is 2.10. The van der Waals surface area contributed by atoms with Crippen molar-refractivity contribution in [3.05, 3.63) is 35.6 Å². The lowest BCUT2D eigenvalue weighted by Crippen LogP contribution is -2.52. The number of hydrogen-bond acceptors (Lipinski definition) is 4. The number of benzene rings is 1. The summed E-state index contributed by atoms with van der Waals surface area (Å²) in [5.74, 6) is -1.97. The lowest BCUT2D eigenvalue weighted by atomic mass is 10.0. The van der Waals surface area contributed by atoms with Gasteiger partial charge in [0.15, 0.2) is 0 Å². The first-order valence-electron chi connectivity index (χ1n) is 8.27. The van der Waals surface area contributed by atoms with Crippen molar-refractivity contribution in [2.24, 2.45) is 0 Å². The van der Waals surface area contributed by atoms with E-state index in [1.54, 1.807) is 18.2 Å². The van der Waals surface area contributed by atoms with Crippen LogP contribution in [-0.4, -0.2) is 37.0 Å². The normalized spacial score (nSPS) is 12.8. The third-order valence-corrected chi connectivity index (χ3v) is 3.72. The van der Waals surface area contributed by atoms with E-state index in [1.165, 1.54) is 20.1 Å². The Labute approximate surface area is 147 Å². The van der Waals surface area contributed by atoms with E-state index >= 15 is 0 Å². The molecule has 0 heterocycles. The molecule has 2 amide bonds. The molecule has 25 heavy (non-hydrogen) atoms. The van der Waals surface area contributed by atoms with E-state index in [1.807, 2.05) is 6.92 Å². The summed E-state index contributed by atoms with van der Waals surface area (Å²) in [6.07, 6.45) is 2.01. The number of amides is 2. The van der Waals surface area contributed by atoms with Gasteiger partial charge in [-0.1, -0.05) is 38.0 Å². The Hall–Kier alpha value is -2.44. The van der Waals surface area contributed by atoms with Crippen LogP contribution in [0.15, 0.2) is 24.3 Å². The molecular formula is C18H25FN2O4. The lowest BCUT2D eigenvalue weighted by molar-refractivity contribution is -0.145. The monoisotopic (exact) mass is 352 g/mol. The minimum Gasteiger partial charge on any atom is -0.467 e. The summed E-state index contributed by atoms with van der Waals surface area (Å²) in [5.41, 5.74) is 0.305. The van der Waals surface area contributed by atoms with Gasteiger partial charge in [0, 0.05) is 13.3 Å². The van der Waals surface area contributed by atoms with Gasteiger partial charge in [-0.05, 0) is 18.1 Å². The zero-order valence-electron chi connectivity index (χ0n) is 14.8. The third kappa shape index (κ3) is 6.91. The molecule has 6 nitrogen and oxygen atoms in total. The number of carbonyl (C=O) groups excluding carboxylic acids is 3. The van der Waals surface area contributed by atoms with E-state index in [2.05, 4.69) is 10.6 Å². The van der Waals surface area contributed by atoms with Gasteiger partial charge in [-0.15, -0.1) is 0 Å². The van der Waals surface area contributed by atoms with Crippen LogP contribution in [0, 0.1) is 5.82 Å². The second kappa shape index (κ2) is 10.4. The summed E-state index contributed by atoms with van der Waals surface area (Å²) in [6, 6.07) is 4.25. The van der Waals surface area contributed by atoms with Crippen LogP contribution in [-0.2, 0) is 25.5 Å². The molecule has 2 atom stereocenters. The third-order valence-electron chi connectivity index (χ3n) is 3.72. The van der Waals surface area contributed by atoms with E-state index in [0.29, 0.717) is 12.0 Å². The van der Waals surface area contributed by atoms with Crippen molar-refractivity contribution in [2.75, 3.05) is 7.11 Å². The largest absolute Gasteiger partial charge is 0.467 e. The highest BCUT2D eigenvalue weighted by molar-refractivity contribution is 5.90. The van der Waals surface area contributed by atoms with Gasteiger partial charge in [0.05, 0.1) is 7.11 Å². The van der Waals surface area contributed by atoms with Crippen molar-refractivity contribution in [1.82, 2.24) is 10.6 Å². The zero-order valence-corrected chi connectivity index (χ0v) is 14.8. The number of esters is 1. The minimum absolute atomic E-state index is 0.0141. The van der Waals surface area contributed by atoms with Crippen LogP contribution < -0.4 is 10.6 Å². The molecule has 0 unspecified atom stereocenters. The number of unbranched alkanes of at least 4 members (excludes halogenated alkanes) is 1. The highest BCUT2D eigenvalue weighted by Gasteiger charge is 2.27. The molecule has 0 saturated carbocycles. The second-order valence-corrected chi connectivity index (χ2v) is 5.78. The van der Waals surface area contributed by atoms with Crippen molar-refractivity contribution >= 4 is 17.8 Å². The van der Waals surface area contributed by atoms with Gasteiger partial charge in [-0.25, -0.2) is 9.18 Å². The SMILES string of the molecule is CCCC[C@H](NC(=O)[C@H](Cc1ccccc1F)NC(C)=O)C(=O)OC. The summed E-state index contributed by atoms with van der Waals surface area (Å²) in [4.78, 5) is 35.8. The standard InChI is InChI=1S/C18H25FN2O4/c1-4-5-10-15(18(24)25-3)21-17(23)16(20-12(2)22)11-13-8-6-7-9-14(13)19/h6-9,15-16H,4-5,10-11H2,1-3H3,(H,20,22)(H,21,23)/t15-,16-/m0/s1. The predicted octanol–water partition coefficient (Wildman–Crippen LogP) is 1.72.